The van der Waals surface area contributed by atoms with Gasteiger partial charge < -0.3 is 9.47 Å². The number of epoxide rings is 1. The van der Waals surface area contributed by atoms with Crippen LogP contribution >= 0.6 is 0 Å². The summed E-state index contributed by atoms with van der Waals surface area (Å²) in [6.45, 7) is 6.23. The van der Waals surface area contributed by atoms with E-state index in [1.54, 1.807) is 0 Å². The van der Waals surface area contributed by atoms with E-state index in [1.807, 2.05) is 0 Å². The number of ether oxygens (including phenoxy) is 2. The highest BCUT2D eigenvalue weighted by molar-refractivity contribution is 5.75. The van der Waals surface area contributed by atoms with Gasteiger partial charge in [0.2, 0.25) is 0 Å². The van der Waals surface area contributed by atoms with Gasteiger partial charge in [0, 0.05) is 25.6 Å². The number of hydrogen-bond donors (Lipinski definition) is 0. The highest BCUT2D eigenvalue weighted by Crippen LogP contribution is 2.62. The molecule has 2 saturated carbocycles. The lowest BCUT2D eigenvalue weighted by Crippen LogP contribution is -2.51. The van der Waals surface area contributed by atoms with Crippen LogP contribution in [0.25, 0.3) is 0 Å². The molecule has 5 aliphatic rings. The molecule has 3 heterocycles. The average molecular weight is 382 g/mol. The number of esters is 1. The van der Waals surface area contributed by atoms with E-state index in [-0.39, 0.29) is 29.0 Å². The van der Waals surface area contributed by atoms with Gasteiger partial charge in [-0.1, -0.05) is 31.2 Å². The van der Waals surface area contributed by atoms with Crippen molar-refractivity contribution in [3.05, 3.63) is 35.4 Å². The van der Waals surface area contributed by atoms with E-state index in [0.717, 1.165) is 45.5 Å². The Morgan fingerprint density at radius 3 is 2.86 bits per heavy atom. The first-order valence-electron chi connectivity index (χ1n) is 11.2. The zero-order valence-corrected chi connectivity index (χ0v) is 16.9. The van der Waals surface area contributed by atoms with E-state index in [2.05, 4.69) is 36.1 Å². The second kappa shape index (κ2) is 6.06. The molecule has 1 aromatic carbocycles. The number of hydrogen-bond acceptors (Lipinski definition) is 4. The van der Waals surface area contributed by atoms with Crippen LogP contribution in [0.1, 0.15) is 50.2 Å². The molecule has 150 valence electrons. The molecule has 4 heteroatoms. The lowest BCUT2D eigenvalue weighted by Gasteiger charge is -2.51. The minimum Gasteiger partial charge on any atom is -0.462 e. The number of carbonyl (C=O) groups excluding carboxylic acids is 1. The lowest BCUT2D eigenvalue weighted by molar-refractivity contribution is -0.147. The van der Waals surface area contributed by atoms with Crippen LogP contribution in [0, 0.1) is 23.2 Å². The Bertz CT molecular complexity index is 803. The number of carbonyl (C=O) groups is 1. The van der Waals surface area contributed by atoms with Gasteiger partial charge in [0.15, 0.2) is 0 Å². The largest absolute Gasteiger partial charge is 0.462 e. The van der Waals surface area contributed by atoms with Crippen molar-refractivity contribution in [1.29, 1.82) is 0 Å². The second-order valence-corrected chi connectivity index (χ2v) is 10.4. The summed E-state index contributed by atoms with van der Waals surface area (Å²) in [5.74, 6) is 1.08. The summed E-state index contributed by atoms with van der Waals surface area (Å²) in [6.07, 6.45) is 7.10. The molecule has 6 atom stereocenters. The first kappa shape index (κ1) is 17.5. The van der Waals surface area contributed by atoms with E-state index >= 15 is 0 Å². The van der Waals surface area contributed by atoms with Crippen LogP contribution in [-0.4, -0.2) is 42.3 Å². The van der Waals surface area contributed by atoms with E-state index < -0.39 is 0 Å². The maximum Gasteiger partial charge on any atom is 0.310 e. The smallest absolute Gasteiger partial charge is 0.310 e. The Labute approximate surface area is 167 Å². The quantitative estimate of drug-likeness (QED) is 0.580. The molecule has 2 saturated heterocycles. The summed E-state index contributed by atoms with van der Waals surface area (Å²) in [6, 6.07) is 8.74. The zero-order chi connectivity index (χ0) is 18.9. The molecule has 3 aliphatic heterocycles. The fourth-order valence-electron chi connectivity index (χ4n) is 7.15. The van der Waals surface area contributed by atoms with Crippen molar-refractivity contribution < 1.29 is 14.3 Å². The van der Waals surface area contributed by atoms with Crippen LogP contribution in [0.15, 0.2) is 24.3 Å². The molecule has 28 heavy (non-hydrogen) atoms. The van der Waals surface area contributed by atoms with Crippen molar-refractivity contribution in [3.8, 4) is 0 Å². The maximum absolute atomic E-state index is 12.9. The topological polar surface area (TPSA) is 42.1 Å². The van der Waals surface area contributed by atoms with Crippen molar-refractivity contribution in [2.24, 2.45) is 23.2 Å². The Morgan fingerprint density at radius 2 is 2.04 bits per heavy atom. The van der Waals surface area contributed by atoms with Gasteiger partial charge in [0.1, 0.15) is 6.10 Å². The van der Waals surface area contributed by atoms with Crippen LogP contribution in [-0.2, 0) is 27.2 Å². The summed E-state index contributed by atoms with van der Waals surface area (Å²) in [4.78, 5) is 15.3. The van der Waals surface area contributed by atoms with E-state index in [1.165, 1.54) is 30.4 Å². The number of fused-ring (bicyclic) bond motifs is 4. The summed E-state index contributed by atoms with van der Waals surface area (Å²) >= 11 is 0. The molecule has 2 aliphatic carbocycles. The van der Waals surface area contributed by atoms with Crippen molar-refractivity contribution in [2.45, 2.75) is 63.7 Å². The molecule has 4 nitrogen and oxygen atoms in total. The highest BCUT2D eigenvalue weighted by Gasteiger charge is 2.65. The fourth-order valence-corrected chi connectivity index (χ4v) is 7.15. The van der Waals surface area contributed by atoms with Gasteiger partial charge in [-0.15, -0.1) is 0 Å². The van der Waals surface area contributed by atoms with Gasteiger partial charge in [-0.05, 0) is 61.0 Å². The molecule has 0 amide bonds. The van der Waals surface area contributed by atoms with Gasteiger partial charge in [0.05, 0.1) is 18.1 Å². The molecule has 1 aromatic rings. The average Bonchev–Trinajstić information content (AvgIpc) is 3.39. The van der Waals surface area contributed by atoms with Gasteiger partial charge in [-0.3, -0.25) is 9.69 Å². The number of rotatable bonds is 2. The van der Waals surface area contributed by atoms with Crippen molar-refractivity contribution in [2.75, 3.05) is 19.7 Å². The molecule has 0 unspecified atom stereocenters. The normalized spacial score (nSPS) is 44.5. The maximum atomic E-state index is 12.9. The molecule has 6 rings (SSSR count). The van der Waals surface area contributed by atoms with Gasteiger partial charge in [-0.2, -0.15) is 0 Å². The fraction of sp³-hybridized carbons (Fsp3) is 0.708. The molecule has 0 aromatic heterocycles. The zero-order valence-electron chi connectivity index (χ0n) is 16.9. The first-order chi connectivity index (χ1) is 13.6. The van der Waals surface area contributed by atoms with Crippen molar-refractivity contribution in [3.63, 3.8) is 0 Å². The van der Waals surface area contributed by atoms with Crippen LogP contribution in [0.3, 0.4) is 0 Å². The summed E-state index contributed by atoms with van der Waals surface area (Å²) in [5.41, 5.74) is 3.31. The Hall–Kier alpha value is -1.39. The Morgan fingerprint density at radius 1 is 1.21 bits per heavy atom. The second-order valence-electron chi connectivity index (χ2n) is 10.4. The molecular formula is C24H31NO3. The third kappa shape index (κ3) is 2.60. The van der Waals surface area contributed by atoms with Crippen LogP contribution < -0.4 is 0 Å². The molecule has 0 bridgehead atoms. The number of benzene rings is 1. The Balaban J connectivity index is 1.21. The third-order valence-electron chi connectivity index (χ3n) is 8.74. The van der Waals surface area contributed by atoms with Crippen molar-refractivity contribution in [1.82, 2.24) is 4.90 Å². The minimum atomic E-state index is 0.0394. The van der Waals surface area contributed by atoms with Crippen molar-refractivity contribution >= 4 is 5.97 Å². The minimum absolute atomic E-state index is 0.0394. The first-order valence-corrected chi connectivity index (χ1v) is 11.2. The molecular weight excluding hydrogens is 350 g/mol. The standard InChI is InChI=1S/C24H31NO3/c1-23-8-4-9-24(15-27-24)21(23)11-18-19(22(26)28-20(18)12-23)14-25-10-7-16-5-2-3-6-17(16)13-25/h2-3,5-6,18-21H,4,7-15H2,1H3/t18-,19+,20+,21+,23+,24-/m0/s1. The molecule has 0 radical (unpaired) electrons. The van der Waals surface area contributed by atoms with E-state index in [9.17, 15) is 4.79 Å². The predicted molar refractivity (Wildman–Crippen MR) is 106 cm³/mol. The molecule has 4 fully saturated rings. The van der Waals surface area contributed by atoms with E-state index in [0.29, 0.717) is 11.8 Å². The molecule has 0 N–H and O–H groups in total. The highest BCUT2D eigenvalue weighted by atomic mass is 16.6. The summed E-state index contributed by atoms with van der Waals surface area (Å²) in [7, 11) is 0. The number of nitrogens with zero attached hydrogens (tertiary/aromatic N) is 1. The van der Waals surface area contributed by atoms with Gasteiger partial charge >= 0.3 is 5.97 Å². The summed E-state index contributed by atoms with van der Waals surface area (Å²) in [5, 5.41) is 0. The molecule has 1 spiro atoms. The SMILES string of the molecule is C[C@]12CCC[C@]3(CO3)[C@@H]1C[C@@H]1[C@@H](C2)OC(=O)[C@@H]1CN1CCc2ccccc2C1. The summed E-state index contributed by atoms with van der Waals surface area (Å²) < 4.78 is 12.0. The van der Waals surface area contributed by atoms with Gasteiger partial charge in [-0.25, -0.2) is 0 Å². The van der Waals surface area contributed by atoms with Gasteiger partial charge in [0.25, 0.3) is 0 Å². The van der Waals surface area contributed by atoms with Crippen LogP contribution in [0.4, 0.5) is 0 Å². The lowest BCUT2D eigenvalue weighted by atomic mass is 9.53. The Kier molecular flexibility index (Phi) is 3.78. The van der Waals surface area contributed by atoms with Crippen LogP contribution in [0.5, 0.6) is 0 Å². The van der Waals surface area contributed by atoms with Crippen LogP contribution in [0.2, 0.25) is 0 Å². The van der Waals surface area contributed by atoms with E-state index in [4.69, 9.17) is 9.47 Å². The predicted octanol–water partition coefficient (Wildman–Crippen LogP) is 3.57. The monoisotopic (exact) mass is 381 g/mol. The third-order valence-corrected chi connectivity index (χ3v) is 8.74.